The van der Waals surface area contributed by atoms with E-state index >= 15 is 0 Å². The van der Waals surface area contributed by atoms with Gasteiger partial charge in [-0.3, -0.25) is 19.3 Å². The summed E-state index contributed by atoms with van der Waals surface area (Å²) in [4.78, 5) is 50.4. The van der Waals surface area contributed by atoms with Crippen LogP contribution in [-0.2, 0) is 28.6 Å². The normalized spacial score (nSPS) is 19.4. The minimum absolute atomic E-state index is 0.0216. The maximum Gasteiger partial charge on any atom is 0.278 e. The predicted molar refractivity (Wildman–Crippen MR) is 224 cm³/mol. The van der Waals surface area contributed by atoms with Gasteiger partial charge in [-0.15, -0.1) is 11.6 Å². The molecule has 2 fully saturated rings. The number of ether oxygens (including phenoxy) is 3. The second-order valence-corrected chi connectivity index (χ2v) is 15.0. The molecule has 3 amide bonds. The Labute approximate surface area is 337 Å². The van der Waals surface area contributed by atoms with E-state index < -0.39 is 0 Å². The zero-order valence-electron chi connectivity index (χ0n) is 33.1. The average Bonchev–Trinajstić information content (AvgIpc) is 3.50. The van der Waals surface area contributed by atoms with Crippen LogP contribution in [0.25, 0.3) is 12.2 Å². The van der Waals surface area contributed by atoms with E-state index in [9.17, 15) is 14.4 Å². The Morgan fingerprint density at radius 3 is 2.25 bits per heavy atom. The van der Waals surface area contributed by atoms with E-state index in [-0.39, 0.29) is 41.9 Å². The molecule has 0 unspecified atom stereocenters. The topological polar surface area (TPSA) is 125 Å². The van der Waals surface area contributed by atoms with Gasteiger partial charge in [-0.05, 0) is 86.1 Å². The van der Waals surface area contributed by atoms with Crippen molar-refractivity contribution in [3.05, 3.63) is 71.4 Å². The fourth-order valence-electron chi connectivity index (χ4n) is 6.94. The van der Waals surface area contributed by atoms with E-state index in [0.717, 1.165) is 81.1 Å². The highest BCUT2D eigenvalue weighted by Crippen LogP contribution is 2.26. The molecular weight excluding hydrogens is 732 g/mol. The molecule has 2 heterocycles. The molecule has 1 aliphatic carbocycles. The zero-order chi connectivity index (χ0) is 39.5. The van der Waals surface area contributed by atoms with Gasteiger partial charge in [0.15, 0.2) is 0 Å². The summed E-state index contributed by atoms with van der Waals surface area (Å²) in [5, 5.41) is 6.10. The molecule has 304 valence electrons. The Morgan fingerprint density at radius 1 is 0.875 bits per heavy atom. The van der Waals surface area contributed by atoms with Crippen molar-refractivity contribution in [1.82, 2.24) is 15.5 Å². The molecule has 3 aliphatic rings. The van der Waals surface area contributed by atoms with Gasteiger partial charge in [0.05, 0.1) is 33.0 Å². The summed E-state index contributed by atoms with van der Waals surface area (Å²) < 4.78 is 16.7. The summed E-state index contributed by atoms with van der Waals surface area (Å²) in [7, 11) is 3.95. The molecule has 0 bridgehead atoms. The van der Waals surface area contributed by atoms with E-state index in [1.807, 2.05) is 61.5 Å². The average molecular weight is 791 g/mol. The lowest BCUT2D eigenvalue weighted by Gasteiger charge is -2.29. The Bertz CT molecular complexity index is 1630. The Balaban J connectivity index is 1.09. The molecule has 0 atom stereocenters. The third-order valence-electron chi connectivity index (χ3n) is 10.2. The molecule has 2 aromatic rings. The molecule has 0 aromatic heterocycles. The molecule has 2 aliphatic heterocycles. The number of alkyl halides is 1. The lowest BCUT2D eigenvalue weighted by molar-refractivity contribution is -0.129. The van der Waals surface area contributed by atoms with Crippen LogP contribution in [-0.4, -0.2) is 120 Å². The number of halogens is 1. The number of amidine groups is 1. The van der Waals surface area contributed by atoms with Crippen molar-refractivity contribution in [3.8, 4) is 0 Å². The minimum atomic E-state index is -0.329. The first-order valence-electron chi connectivity index (χ1n) is 20.1. The third kappa shape index (κ3) is 13.8. The maximum atomic E-state index is 13.7. The summed E-state index contributed by atoms with van der Waals surface area (Å²) >= 11 is 5.70. The highest BCUT2D eigenvalue weighted by atomic mass is 35.5. The molecule has 5 rings (SSSR count). The van der Waals surface area contributed by atoms with Crippen LogP contribution in [0.1, 0.15) is 62.5 Å². The van der Waals surface area contributed by atoms with Crippen LogP contribution >= 0.6 is 11.6 Å². The number of hydrogen-bond acceptors (Lipinski definition) is 9. The van der Waals surface area contributed by atoms with Gasteiger partial charge in [-0.25, -0.2) is 4.99 Å². The monoisotopic (exact) mass is 790 g/mol. The number of amides is 3. The van der Waals surface area contributed by atoms with Crippen LogP contribution in [0.4, 0.5) is 11.4 Å². The largest absolute Gasteiger partial charge is 0.379 e. The van der Waals surface area contributed by atoms with Gasteiger partial charge in [0, 0.05) is 69.6 Å². The number of morpholine rings is 1. The van der Waals surface area contributed by atoms with Crippen molar-refractivity contribution in [1.29, 1.82) is 0 Å². The van der Waals surface area contributed by atoms with Crippen LogP contribution in [0.3, 0.4) is 0 Å². The second kappa shape index (κ2) is 23.1. The molecular formula is C43H59ClN6O6. The lowest BCUT2D eigenvalue weighted by Crippen LogP contribution is -2.46. The molecule has 56 heavy (non-hydrogen) atoms. The molecule has 12 nitrogen and oxygen atoms in total. The van der Waals surface area contributed by atoms with Gasteiger partial charge in [-0.2, -0.15) is 0 Å². The van der Waals surface area contributed by atoms with E-state index in [1.54, 1.807) is 12.2 Å². The van der Waals surface area contributed by atoms with Crippen LogP contribution in [0.15, 0.2) is 65.3 Å². The molecule has 2 aromatic carbocycles. The smallest absolute Gasteiger partial charge is 0.278 e. The van der Waals surface area contributed by atoms with Crippen molar-refractivity contribution in [2.24, 2.45) is 10.9 Å². The quantitative estimate of drug-likeness (QED) is 0.0965. The SMILES string of the molecule is CN(C)c1ccc(/C=C2N=C(/C=C/c3ccc(N4CCOCC4)cc3)N(CC(=O)NC3CCC(C(=O)NCCOCCOCCCCCCCl)CC3)C\2=O)cc1. The Morgan fingerprint density at radius 2 is 1.55 bits per heavy atom. The minimum Gasteiger partial charge on any atom is -0.379 e. The maximum absolute atomic E-state index is 13.7. The van der Waals surface area contributed by atoms with Gasteiger partial charge >= 0.3 is 0 Å². The number of nitrogens with zero attached hydrogens (tertiary/aromatic N) is 4. The van der Waals surface area contributed by atoms with Gasteiger partial charge < -0.3 is 34.6 Å². The predicted octanol–water partition coefficient (Wildman–Crippen LogP) is 5.51. The third-order valence-corrected chi connectivity index (χ3v) is 10.5. The lowest BCUT2D eigenvalue weighted by atomic mass is 9.85. The van der Waals surface area contributed by atoms with E-state index in [4.69, 9.17) is 30.8 Å². The molecule has 0 spiro atoms. The molecule has 0 radical (unpaired) electrons. The van der Waals surface area contributed by atoms with Crippen LogP contribution < -0.4 is 20.4 Å². The van der Waals surface area contributed by atoms with E-state index in [1.165, 1.54) is 4.90 Å². The number of anilines is 2. The Kier molecular flexibility index (Phi) is 17.7. The number of benzene rings is 2. The van der Waals surface area contributed by atoms with E-state index in [0.29, 0.717) is 63.8 Å². The van der Waals surface area contributed by atoms with Crippen LogP contribution in [0.2, 0.25) is 0 Å². The summed E-state index contributed by atoms with van der Waals surface area (Å²) in [6, 6.07) is 16.0. The standard InChI is InChI=1S/C43H59ClN6O6/c1-48(2)37-16-9-34(10-17-37)31-39-43(53)50(40(47-39)20-11-33-7-18-38(19-8-33)49-23-27-56-28-24-49)32-41(51)46-36-14-12-35(13-15-36)42(52)45-22-26-55-30-29-54-25-6-4-3-5-21-44/h7-11,16-20,31,35-36H,3-6,12-15,21-30,32H2,1-2H3,(H,45,52)(H,46,51)/b20-11+,39-31-. The van der Waals surface area contributed by atoms with Crippen molar-refractivity contribution in [2.45, 2.75) is 57.4 Å². The summed E-state index contributed by atoms with van der Waals surface area (Å²) in [5.41, 5.74) is 4.26. The molecule has 13 heteroatoms. The van der Waals surface area contributed by atoms with Gasteiger partial charge in [-0.1, -0.05) is 43.2 Å². The summed E-state index contributed by atoms with van der Waals surface area (Å²) in [5.74, 6) is 0.455. The van der Waals surface area contributed by atoms with Crippen molar-refractivity contribution < 1.29 is 28.6 Å². The Hall–Kier alpha value is -4.23. The number of aliphatic imine (C=N–C) groups is 1. The number of rotatable bonds is 21. The highest BCUT2D eigenvalue weighted by Gasteiger charge is 2.32. The number of unbranched alkanes of at least 4 members (excludes halogenated alkanes) is 3. The molecule has 1 saturated carbocycles. The number of carbonyl (C=O) groups is 3. The summed E-state index contributed by atoms with van der Waals surface area (Å²) in [6.45, 7) is 5.67. The molecule has 2 N–H and O–H groups in total. The number of hydrogen-bond donors (Lipinski definition) is 2. The van der Waals surface area contributed by atoms with Gasteiger partial charge in [0.25, 0.3) is 5.91 Å². The first-order chi connectivity index (χ1) is 27.3. The van der Waals surface area contributed by atoms with Crippen molar-refractivity contribution in [3.63, 3.8) is 0 Å². The van der Waals surface area contributed by atoms with Gasteiger partial charge in [0.2, 0.25) is 11.8 Å². The molecule has 1 saturated heterocycles. The first-order valence-corrected chi connectivity index (χ1v) is 20.6. The fourth-order valence-corrected chi connectivity index (χ4v) is 7.13. The highest BCUT2D eigenvalue weighted by molar-refractivity contribution is 6.19. The number of nitrogens with one attached hydrogen (secondary N) is 2. The van der Waals surface area contributed by atoms with E-state index in [2.05, 4.69) is 27.7 Å². The summed E-state index contributed by atoms with van der Waals surface area (Å²) in [6.07, 6.45) is 12.5. The second-order valence-electron chi connectivity index (χ2n) is 14.6. The number of carbonyl (C=O) groups excluding carboxylic acids is 3. The van der Waals surface area contributed by atoms with Crippen LogP contribution in [0.5, 0.6) is 0 Å². The van der Waals surface area contributed by atoms with Crippen molar-refractivity contribution >= 4 is 58.7 Å². The van der Waals surface area contributed by atoms with Crippen molar-refractivity contribution in [2.75, 3.05) is 95.6 Å². The zero-order valence-corrected chi connectivity index (χ0v) is 33.8. The van der Waals surface area contributed by atoms with Gasteiger partial charge in [0.1, 0.15) is 18.1 Å². The van der Waals surface area contributed by atoms with Crippen LogP contribution in [0, 0.1) is 5.92 Å². The first kappa shape index (κ1) is 42.9. The fraction of sp³-hybridized carbons (Fsp3) is 0.535.